The van der Waals surface area contributed by atoms with Crippen molar-refractivity contribution in [1.29, 1.82) is 0 Å². The molecule has 1 N–H and O–H groups in total. The maximum atomic E-state index is 9.98. The first-order chi connectivity index (χ1) is 7.07. The molecule has 0 aromatic heterocycles. The maximum absolute atomic E-state index is 9.98. The molecule has 0 unspecified atom stereocenters. The minimum Gasteiger partial charge on any atom is -0.393 e. The van der Waals surface area contributed by atoms with Crippen LogP contribution in [0.2, 0.25) is 0 Å². The first-order valence-electron chi connectivity index (χ1n) is 5.82. The van der Waals surface area contributed by atoms with Gasteiger partial charge >= 0.3 is 0 Å². The second kappa shape index (κ2) is 4.04. The highest BCUT2D eigenvalue weighted by atomic mass is 16.7. The molecule has 0 aromatic rings. The summed E-state index contributed by atoms with van der Waals surface area (Å²) in [5, 5.41) is 9.98. The fourth-order valence-electron chi connectivity index (χ4n) is 3.41. The minimum absolute atomic E-state index is 0.168. The lowest BCUT2D eigenvalue weighted by atomic mass is 9.45. The highest BCUT2D eigenvalue weighted by Crippen LogP contribution is 2.61. The molecule has 3 saturated carbocycles. The van der Waals surface area contributed by atoms with Gasteiger partial charge in [0.2, 0.25) is 0 Å². The molecule has 0 saturated heterocycles. The van der Waals surface area contributed by atoms with Crippen LogP contribution in [0.3, 0.4) is 0 Å². The predicted octanol–water partition coefficient (Wildman–Crippen LogP) is 1.65. The second-order valence-corrected chi connectivity index (χ2v) is 5.60. The molecule has 3 nitrogen and oxygen atoms in total. The number of hydrogen-bond acceptors (Lipinski definition) is 3. The van der Waals surface area contributed by atoms with E-state index in [1.807, 2.05) is 0 Å². The summed E-state index contributed by atoms with van der Waals surface area (Å²) < 4.78 is 10.3. The molecular formula is C12H22O3. The summed E-state index contributed by atoms with van der Waals surface area (Å²) in [6.07, 6.45) is 2.05. The molecule has 0 amide bonds. The Hall–Kier alpha value is -0.120. The van der Waals surface area contributed by atoms with Gasteiger partial charge in [-0.1, -0.05) is 13.8 Å². The van der Waals surface area contributed by atoms with Crippen molar-refractivity contribution in [3.05, 3.63) is 0 Å². The number of methoxy groups -OCH3 is 1. The van der Waals surface area contributed by atoms with Crippen molar-refractivity contribution in [2.24, 2.45) is 23.2 Å². The lowest BCUT2D eigenvalue weighted by molar-refractivity contribution is -0.185. The lowest BCUT2D eigenvalue weighted by Crippen LogP contribution is -2.58. The van der Waals surface area contributed by atoms with Crippen molar-refractivity contribution in [3.8, 4) is 0 Å². The van der Waals surface area contributed by atoms with Crippen LogP contribution in [-0.2, 0) is 9.47 Å². The van der Waals surface area contributed by atoms with Crippen LogP contribution in [-0.4, -0.2) is 31.7 Å². The van der Waals surface area contributed by atoms with Crippen LogP contribution >= 0.6 is 0 Å². The maximum Gasteiger partial charge on any atom is 0.146 e. The monoisotopic (exact) mass is 214 g/mol. The van der Waals surface area contributed by atoms with Crippen molar-refractivity contribution in [2.45, 2.75) is 32.8 Å². The van der Waals surface area contributed by atoms with Crippen LogP contribution in [0.1, 0.15) is 26.7 Å². The summed E-state index contributed by atoms with van der Waals surface area (Å²) in [5.41, 5.74) is 0.403. The highest BCUT2D eigenvalue weighted by Gasteiger charge is 2.57. The van der Waals surface area contributed by atoms with E-state index in [1.54, 1.807) is 7.11 Å². The van der Waals surface area contributed by atoms with Gasteiger partial charge in [0.15, 0.2) is 0 Å². The lowest BCUT2D eigenvalue weighted by Gasteiger charge is -2.61. The van der Waals surface area contributed by atoms with Crippen LogP contribution in [0.4, 0.5) is 0 Å². The Morgan fingerprint density at radius 2 is 2.07 bits per heavy atom. The van der Waals surface area contributed by atoms with Gasteiger partial charge in [-0.05, 0) is 30.1 Å². The summed E-state index contributed by atoms with van der Waals surface area (Å²) in [5.74, 6) is 1.65. The fourth-order valence-corrected chi connectivity index (χ4v) is 3.41. The molecule has 0 aliphatic heterocycles. The van der Waals surface area contributed by atoms with Crippen molar-refractivity contribution in [2.75, 3.05) is 20.5 Å². The molecule has 3 fully saturated rings. The standard InChI is InChI=1S/C12H22O3/c1-12(2)8-4-10(12)9(11(13)5-8)6-15-7-14-3/h8-11,13H,4-7H2,1-3H3/t8-,9+,10+,11+/m0/s1. The number of hydrogen-bond donors (Lipinski definition) is 1. The topological polar surface area (TPSA) is 38.7 Å². The van der Waals surface area contributed by atoms with E-state index in [4.69, 9.17) is 9.47 Å². The van der Waals surface area contributed by atoms with Gasteiger partial charge in [-0.2, -0.15) is 0 Å². The Morgan fingerprint density at radius 1 is 1.33 bits per heavy atom. The van der Waals surface area contributed by atoms with E-state index < -0.39 is 0 Å². The molecule has 15 heavy (non-hydrogen) atoms. The van der Waals surface area contributed by atoms with Crippen molar-refractivity contribution in [1.82, 2.24) is 0 Å². The van der Waals surface area contributed by atoms with Crippen LogP contribution in [0.15, 0.2) is 0 Å². The van der Waals surface area contributed by atoms with Gasteiger partial charge in [-0.25, -0.2) is 0 Å². The summed E-state index contributed by atoms with van der Waals surface area (Å²) >= 11 is 0. The molecule has 4 atom stereocenters. The average Bonchev–Trinajstić information content (AvgIpc) is 2.20. The number of rotatable bonds is 4. The van der Waals surface area contributed by atoms with E-state index >= 15 is 0 Å². The van der Waals surface area contributed by atoms with Crippen LogP contribution in [0, 0.1) is 23.2 Å². The molecule has 0 aromatic carbocycles. The fraction of sp³-hybridized carbons (Fsp3) is 1.00. The molecule has 0 radical (unpaired) electrons. The third kappa shape index (κ3) is 1.81. The zero-order chi connectivity index (χ0) is 11.1. The van der Waals surface area contributed by atoms with E-state index in [-0.39, 0.29) is 6.10 Å². The van der Waals surface area contributed by atoms with Gasteiger partial charge < -0.3 is 14.6 Å². The Balaban J connectivity index is 1.91. The summed E-state index contributed by atoms with van der Waals surface area (Å²) in [6, 6.07) is 0. The van der Waals surface area contributed by atoms with Gasteiger partial charge in [0.1, 0.15) is 6.79 Å². The number of aliphatic hydroxyl groups excluding tert-OH is 1. The van der Waals surface area contributed by atoms with Gasteiger partial charge in [0.25, 0.3) is 0 Å². The Bertz CT molecular complexity index is 227. The van der Waals surface area contributed by atoms with E-state index in [1.165, 1.54) is 6.42 Å². The van der Waals surface area contributed by atoms with Gasteiger partial charge in [0.05, 0.1) is 12.7 Å². The third-order valence-corrected chi connectivity index (χ3v) is 4.59. The summed E-state index contributed by atoms with van der Waals surface area (Å²) in [6.45, 7) is 5.61. The summed E-state index contributed by atoms with van der Waals surface area (Å²) in [4.78, 5) is 0. The van der Waals surface area contributed by atoms with Crippen molar-refractivity contribution >= 4 is 0 Å². The SMILES string of the molecule is COCOC[C@H]1[C@H](O)C[C@@H]2C[C@H]1C2(C)C. The zero-order valence-corrected chi connectivity index (χ0v) is 9.90. The molecule has 0 spiro atoms. The molecule has 2 bridgehead atoms. The minimum atomic E-state index is -0.168. The van der Waals surface area contributed by atoms with Crippen LogP contribution in [0.5, 0.6) is 0 Å². The van der Waals surface area contributed by atoms with E-state index in [2.05, 4.69) is 13.8 Å². The van der Waals surface area contributed by atoms with Gasteiger partial charge in [-0.15, -0.1) is 0 Å². The largest absolute Gasteiger partial charge is 0.393 e. The van der Waals surface area contributed by atoms with Crippen molar-refractivity contribution in [3.63, 3.8) is 0 Å². The smallest absolute Gasteiger partial charge is 0.146 e. The molecular weight excluding hydrogens is 192 g/mol. The first-order valence-corrected chi connectivity index (χ1v) is 5.82. The second-order valence-electron chi connectivity index (χ2n) is 5.60. The molecule has 88 valence electrons. The summed E-state index contributed by atoms with van der Waals surface area (Å²) in [7, 11) is 1.63. The van der Waals surface area contributed by atoms with E-state index in [9.17, 15) is 5.11 Å². The Kier molecular flexibility index (Phi) is 3.06. The van der Waals surface area contributed by atoms with E-state index in [0.717, 1.165) is 12.3 Å². The van der Waals surface area contributed by atoms with Gasteiger partial charge in [0, 0.05) is 13.0 Å². The van der Waals surface area contributed by atoms with Crippen molar-refractivity contribution < 1.29 is 14.6 Å². The molecule has 3 aliphatic rings. The van der Waals surface area contributed by atoms with Crippen LogP contribution < -0.4 is 0 Å². The normalized spacial score (nSPS) is 42.4. The quantitative estimate of drug-likeness (QED) is 0.571. The molecule has 3 rings (SSSR count). The third-order valence-electron chi connectivity index (χ3n) is 4.59. The predicted molar refractivity (Wildman–Crippen MR) is 57.3 cm³/mol. The number of fused-ring (bicyclic) bond motifs is 2. The average molecular weight is 214 g/mol. The van der Waals surface area contributed by atoms with Gasteiger partial charge in [-0.3, -0.25) is 0 Å². The Labute approximate surface area is 91.8 Å². The molecule has 3 aliphatic carbocycles. The zero-order valence-electron chi connectivity index (χ0n) is 9.90. The van der Waals surface area contributed by atoms with E-state index in [0.29, 0.717) is 30.7 Å². The Morgan fingerprint density at radius 3 is 2.67 bits per heavy atom. The molecule has 0 heterocycles. The highest BCUT2D eigenvalue weighted by molar-refractivity contribution is 5.06. The number of aliphatic hydroxyl groups is 1. The number of ether oxygens (including phenoxy) is 2. The first kappa shape index (κ1) is 11.4. The van der Waals surface area contributed by atoms with Crippen LogP contribution in [0.25, 0.3) is 0 Å². The molecule has 3 heteroatoms.